The summed E-state index contributed by atoms with van der Waals surface area (Å²) < 4.78 is 7.30. The molecule has 0 fully saturated rings. The predicted octanol–water partition coefficient (Wildman–Crippen LogP) is 15.6. The second-order valence-electron chi connectivity index (χ2n) is 25.1. The van der Waals surface area contributed by atoms with Gasteiger partial charge in [0.05, 0.1) is 11.1 Å². The fourth-order valence-electron chi connectivity index (χ4n) is 15.2. The van der Waals surface area contributed by atoms with Crippen molar-refractivity contribution in [3.63, 3.8) is 0 Å². The molecule has 0 radical (unpaired) electrons. The maximum Gasteiger partial charge on any atom is 0.279 e. The van der Waals surface area contributed by atoms with Gasteiger partial charge >= 0.3 is 0 Å². The lowest BCUT2D eigenvalue weighted by molar-refractivity contribution is 0.332. The van der Waals surface area contributed by atoms with Gasteiger partial charge in [-0.3, -0.25) is 4.98 Å². The summed E-state index contributed by atoms with van der Waals surface area (Å²) in [4.78, 5) is 13.4. The van der Waals surface area contributed by atoms with Gasteiger partial charge in [-0.25, -0.2) is 0 Å². The number of benzene rings is 10. The Labute approximate surface area is 482 Å². The van der Waals surface area contributed by atoms with Crippen molar-refractivity contribution in [2.24, 2.45) is 0 Å². The van der Waals surface area contributed by atoms with E-state index in [1.165, 1.54) is 101 Å². The van der Waals surface area contributed by atoms with E-state index in [0.29, 0.717) is 0 Å². The van der Waals surface area contributed by atoms with E-state index >= 15 is 0 Å². The molecule has 0 bridgehead atoms. The van der Waals surface area contributed by atoms with Crippen molar-refractivity contribution in [3.05, 3.63) is 240 Å². The Bertz CT molecular complexity index is 4490. The van der Waals surface area contributed by atoms with Crippen LogP contribution in [-0.2, 0) is 10.8 Å². The quantitative estimate of drug-likeness (QED) is 0.160. The molecule has 0 unspecified atom stereocenters. The molecule has 394 valence electrons. The highest BCUT2D eigenvalue weighted by atomic mass is 16.5. The van der Waals surface area contributed by atoms with Crippen molar-refractivity contribution < 1.29 is 4.74 Å². The number of hydrogen-bond donors (Lipinski definition) is 0. The van der Waals surface area contributed by atoms with Crippen LogP contribution in [0.25, 0.3) is 33.2 Å². The summed E-state index contributed by atoms with van der Waals surface area (Å²) in [5.41, 5.74) is 31.2. The van der Waals surface area contributed by atoms with Crippen LogP contribution in [0.3, 0.4) is 0 Å². The summed E-state index contributed by atoms with van der Waals surface area (Å²) in [6.07, 6.45) is 2.31. The van der Waals surface area contributed by atoms with Gasteiger partial charge in [0.25, 0.3) is 13.4 Å². The van der Waals surface area contributed by atoms with Gasteiger partial charge in [0.15, 0.2) is 0 Å². The molecule has 0 N–H and O–H groups in total. The number of ether oxygens (including phenoxy) is 1. The van der Waals surface area contributed by atoms with E-state index in [1.54, 1.807) is 0 Å². The van der Waals surface area contributed by atoms with Crippen molar-refractivity contribution in [2.75, 3.05) is 14.7 Å². The van der Waals surface area contributed by atoms with Crippen LogP contribution in [0.15, 0.2) is 206 Å². The molecule has 16 rings (SSSR count). The number of pyridine rings is 1. The molecule has 0 atom stereocenters. The van der Waals surface area contributed by atoms with Crippen molar-refractivity contribution in [3.8, 4) is 33.8 Å². The molecule has 0 saturated heterocycles. The molecule has 10 aromatic carbocycles. The lowest BCUT2D eigenvalue weighted by atomic mass is 9.31. The summed E-state index contributed by atoms with van der Waals surface area (Å²) in [6, 6.07) is 77.7. The predicted molar refractivity (Wildman–Crippen MR) is 347 cm³/mol. The van der Waals surface area contributed by atoms with Gasteiger partial charge in [0.2, 0.25) is 0 Å². The third-order valence-corrected chi connectivity index (χ3v) is 19.2. The highest BCUT2D eigenvalue weighted by Gasteiger charge is 2.49. The Morgan fingerprint density at radius 3 is 1.55 bits per heavy atom. The summed E-state index contributed by atoms with van der Waals surface area (Å²) in [7, 11) is 0. The molecule has 5 aliphatic rings. The average Bonchev–Trinajstić information content (AvgIpc) is 1.34. The van der Waals surface area contributed by atoms with Crippen LogP contribution in [-0.4, -0.2) is 18.4 Å². The number of aromatic nitrogens is 1. The van der Waals surface area contributed by atoms with Gasteiger partial charge in [-0.15, -0.1) is 0 Å². The topological polar surface area (TPSA) is 31.8 Å². The molecule has 0 spiro atoms. The third kappa shape index (κ3) is 7.11. The number of para-hydroxylation sites is 4. The second-order valence-corrected chi connectivity index (χ2v) is 25.1. The highest BCUT2D eigenvalue weighted by molar-refractivity contribution is 7.02. The Morgan fingerprint density at radius 1 is 0.390 bits per heavy atom. The number of nitrogens with zero attached hydrogens (tertiary/aromatic N) is 4. The van der Waals surface area contributed by atoms with Crippen molar-refractivity contribution >= 4 is 108 Å². The standard InChI is InChI=1S/C75H62B2N4O/c1-45-21-19-22-46(2)69(45)50-37-64-71-65(38-50)81(54-33-34-55-56(42-54)75(7,8)36-35-74(55,5)6)61-32-18-16-30-57(61)76(71)58-43-59-63(44-62(58)79(64)52-26-11-9-12-27-52)80(53-28-13-10-14-29-53)66-39-51(70-47(3)23-20-24-48(70)4)41-67-72(66)77(59)73-68(82-67)40-49-25-15-17-31-60(49)78-73/h9-34,37-44H,35-36H2,1-8H3. The van der Waals surface area contributed by atoms with E-state index < -0.39 is 0 Å². The molecule has 5 nitrogen and oxygen atoms in total. The van der Waals surface area contributed by atoms with Crippen LogP contribution in [0.5, 0.6) is 11.5 Å². The summed E-state index contributed by atoms with van der Waals surface area (Å²) in [5, 5.41) is 1.06. The first-order valence-corrected chi connectivity index (χ1v) is 29.3. The summed E-state index contributed by atoms with van der Waals surface area (Å²) in [6.45, 7) is 18.4. The largest absolute Gasteiger partial charge is 0.457 e. The maximum atomic E-state index is 7.30. The molecule has 4 aliphatic heterocycles. The first-order chi connectivity index (χ1) is 39.8. The zero-order chi connectivity index (χ0) is 55.5. The highest BCUT2D eigenvalue weighted by Crippen LogP contribution is 2.52. The third-order valence-electron chi connectivity index (χ3n) is 19.2. The van der Waals surface area contributed by atoms with Crippen LogP contribution < -0.4 is 52.3 Å². The smallest absolute Gasteiger partial charge is 0.279 e. The minimum Gasteiger partial charge on any atom is -0.457 e. The van der Waals surface area contributed by atoms with Gasteiger partial charge in [-0.1, -0.05) is 149 Å². The summed E-state index contributed by atoms with van der Waals surface area (Å²) >= 11 is 0. The zero-order valence-electron chi connectivity index (χ0n) is 47.9. The molecule has 5 heterocycles. The first-order valence-electron chi connectivity index (χ1n) is 29.3. The zero-order valence-corrected chi connectivity index (χ0v) is 47.9. The first kappa shape index (κ1) is 48.8. The molecule has 0 amide bonds. The van der Waals surface area contributed by atoms with Crippen LogP contribution in [0.4, 0.5) is 51.2 Å². The molecular weight excluding hydrogens is 994 g/mol. The van der Waals surface area contributed by atoms with Crippen LogP contribution in [0, 0.1) is 27.7 Å². The lowest BCUT2D eigenvalue weighted by Gasteiger charge is -2.47. The number of fused-ring (bicyclic) bond motifs is 10. The van der Waals surface area contributed by atoms with Gasteiger partial charge in [0.1, 0.15) is 11.5 Å². The van der Waals surface area contributed by atoms with E-state index in [9.17, 15) is 0 Å². The minimum atomic E-state index is -0.249. The SMILES string of the molecule is Cc1cccc(C)c1-c1cc2c3c(c1)N(c1ccccc1)c1cc4c(cc1B3c1nc3ccccc3cc1O2)B1c2ccccc2N(c2ccc3c(c2)C(C)(C)CCC3(C)C)c2cc(-c3c(C)cccc3C)cc(c21)N4c1ccccc1. The Morgan fingerprint density at radius 2 is 0.915 bits per heavy atom. The fourth-order valence-corrected chi connectivity index (χ4v) is 15.2. The summed E-state index contributed by atoms with van der Waals surface area (Å²) in [5.74, 6) is 1.66. The van der Waals surface area contributed by atoms with E-state index in [4.69, 9.17) is 9.72 Å². The normalized spacial score (nSPS) is 15.4. The van der Waals surface area contributed by atoms with Crippen LogP contribution in [0.1, 0.15) is 73.9 Å². The van der Waals surface area contributed by atoms with E-state index in [0.717, 1.165) is 73.9 Å². The monoisotopic (exact) mass is 1060 g/mol. The fraction of sp³-hybridized carbons (Fsp3) is 0.160. The Kier molecular flexibility index (Phi) is 10.5. The van der Waals surface area contributed by atoms with Crippen LogP contribution in [0.2, 0.25) is 0 Å². The van der Waals surface area contributed by atoms with Gasteiger partial charge in [-0.2, -0.15) is 0 Å². The van der Waals surface area contributed by atoms with Gasteiger partial charge < -0.3 is 19.4 Å². The average molecular weight is 1060 g/mol. The van der Waals surface area contributed by atoms with Gasteiger partial charge in [-0.05, 0) is 219 Å². The number of rotatable bonds is 5. The van der Waals surface area contributed by atoms with Crippen molar-refractivity contribution in [1.82, 2.24) is 4.98 Å². The number of hydrogen-bond acceptors (Lipinski definition) is 5. The molecule has 1 aromatic heterocycles. The molecule has 1 aliphatic carbocycles. The Hall–Kier alpha value is -9.06. The minimum absolute atomic E-state index is 0.0252. The van der Waals surface area contributed by atoms with Crippen molar-refractivity contribution in [1.29, 1.82) is 0 Å². The number of aryl methyl sites for hydroxylation is 4. The van der Waals surface area contributed by atoms with Gasteiger partial charge in [0, 0.05) is 56.6 Å². The molecule has 11 aromatic rings. The van der Waals surface area contributed by atoms with E-state index in [-0.39, 0.29) is 24.3 Å². The number of anilines is 9. The van der Waals surface area contributed by atoms with E-state index in [1.807, 2.05) is 0 Å². The lowest BCUT2D eigenvalue weighted by Crippen LogP contribution is -2.65. The molecule has 82 heavy (non-hydrogen) atoms. The molecule has 0 saturated carbocycles. The Balaban J connectivity index is 1.03. The second kappa shape index (κ2) is 17.7. The van der Waals surface area contributed by atoms with Crippen LogP contribution >= 0.6 is 0 Å². The maximum absolute atomic E-state index is 7.30. The molecular formula is C75H62B2N4O. The van der Waals surface area contributed by atoms with Crippen molar-refractivity contribution in [2.45, 2.75) is 79.1 Å². The molecule has 7 heteroatoms. The van der Waals surface area contributed by atoms with E-state index in [2.05, 4.69) is 276 Å².